The molecule has 0 aliphatic carbocycles. The van der Waals surface area contributed by atoms with Crippen LogP contribution in [0.3, 0.4) is 0 Å². The number of aliphatic carboxylic acids is 1. The maximum absolute atomic E-state index is 10.6. The molecule has 0 bridgehead atoms. The van der Waals surface area contributed by atoms with Gasteiger partial charge in [-0.2, -0.15) is 0 Å². The minimum atomic E-state index is -0.780. The molecule has 39 heavy (non-hydrogen) atoms. The second kappa shape index (κ2) is 27.9. The van der Waals surface area contributed by atoms with E-state index in [1.54, 1.807) is 19.1 Å². The Kier molecular flexibility index (Phi) is 33.8. The van der Waals surface area contributed by atoms with Crippen LogP contribution in [-0.4, -0.2) is 23.7 Å². The Morgan fingerprint density at radius 3 is 1.51 bits per heavy atom. The summed E-state index contributed by atoms with van der Waals surface area (Å²) < 4.78 is 4.67. The Hall–Kier alpha value is -1.62. The van der Waals surface area contributed by atoms with E-state index in [0.29, 0.717) is 17.9 Å². The molecule has 1 N–H and O–H groups in total. The number of ether oxygens (including phenoxy) is 1. The molecule has 0 heterocycles. The molecule has 1 unspecified atom stereocenters. The summed E-state index contributed by atoms with van der Waals surface area (Å²) >= 11 is 0. The third kappa shape index (κ3) is 41.0. The third-order valence-corrected chi connectivity index (χ3v) is 4.48. The number of rotatable bonds is 9. The van der Waals surface area contributed by atoms with Gasteiger partial charge in [0.25, 0.3) is 0 Å². The maximum Gasteiger partial charge on any atom is 1.00 e. The van der Waals surface area contributed by atoms with Gasteiger partial charge in [0.2, 0.25) is 0 Å². The minimum absolute atomic E-state index is 0. The molecule has 4 nitrogen and oxygen atoms in total. The number of carbonyl (C=O) groups is 2. The quantitative estimate of drug-likeness (QED) is 0.142. The van der Waals surface area contributed by atoms with Crippen molar-refractivity contribution in [2.75, 3.05) is 6.61 Å². The Morgan fingerprint density at radius 1 is 0.846 bits per heavy atom. The van der Waals surface area contributed by atoms with Crippen LogP contribution in [0.1, 0.15) is 98.4 Å². The monoisotopic (exact) mass is 556 g/mol. The molecule has 0 aromatic heterocycles. The molecule has 0 aliphatic rings. The first-order valence-corrected chi connectivity index (χ1v) is 13.4. The summed E-state index contributed by atoms with van der Waals surface area (Å²) in [5.74, 6) is -0.151. The fraction of sp³-hybridized carbons (Fsp3) is 0.588. The van der Waals surface area contributed by atoms with Crippen molar-refractivity contribution in [1.29, 1.82) is 0 Å². The number of carbonyl (C=O) groups excluding carboxylic acids is 1. The Labute approximate surface area is 266 Å². The summed E-state index contributed by atoms with van der Waals surface area (Å²) in [7, 11) is 0. The van der Waals surface area contributed by atoms with Gasteiger partial charge in [-0.15, -0.1) is 13.2 Å². The van der Waals surface area contributed by atoms with Gasteiger partial charge in [0.15, 0.2) is 0 Å². The standard InChI is InChI=1S/C11H20.C10H16O2.C9H14O2.C4H10.Na.H/c1-7-10(8-9(2)3)11(4,5)6;1-5-9(6-7(2)3)8(4)10(11)12;1-8(2)6-4-5-7-11-9(3)10;1-4(2)3;;/h7-8,10H,1H2,2-6H3;5-6,8-9H,1H2,2-4H3,(H,11,12);4-6H,7H2,1-3H3;4H,1-3H3;;/q;;;;+1;-1/b;;5-4+;;;/t10-;8?,9-;;;;/m00..../s1. The molecular formula is C34H61NaO4. The summed E-state index contributed by atoms with van der Waals surface area (Å²) in [6, 6.07) is 0. The van der Waals surface area contributed by atoms with Crippen LogP contribution in [0.2, 0.25) is 0 Å². The third-order valence-electron chi connectivity index (χ3n) is 4.48. The molecule has 0 amide bonds. The van der Waals surface area contributed by atoms with E-state index in [1.807, 2.05) is 52.0 Å². The maximum atomic E-state index is 10.6. The molecule has 0 aromatic carbocycles. The van der Waals surface area contributed by atoms with Crippen LogP contribution in [0.25, 0.3) is 0 Å². The van der Waals surface area contributed by atoms with Gasteiger partial charge in [0.1, 0.15) is 6.61 Å². The summed E-state index contributed by atoms with van der Waals surface area (Å²) in [5, 5.41) is 8.72. The van der Waals surface area contributed by atoms with Crippen molar-refractivity contribution in [3.63, 3.8) is 0 Å². The molecule has 0 saturated heterocycles. The summed E-state index contributed by atoms with van der Waals surface area (Å²) in [4.78, 5) is 20.9. The van der Waals surface area contributed by atoms with Crippen molar-refractivity contribution < 1.29 is 50.4 Å². The van der Waals surface area contributed by atoms with Gasteiger partial charge in [-0.1, -0.05) is 102 Å². The first-order valence-electron chi connectivity index (χ1n) is 13.4. The van der Waals surface area contributed by atoms with E-state index in [1.165, 1.54) is 18.1 Å². The molecule has 3 atom stereocenters. The average Bonchev–Trinajstić information content (AvgIpc) is 2.74. The molecule has 0 aliphatic heterocycles. The van der Waals surface area contributed by atoms with Gasteiger partial charge in [-0.3, -0.25) is 9.59 Å². The zero-order chi connectivity index (χ0) is 31.1. The minimum Gasteiger partial charge on any atom is -1.00 e. The first kappa shape index (κ1) is 47.2. The van der Waals surface area contributed by atoms with E-state index in [0.717, 1.165) is 11.5 Å². The SMILES string of the molecule is C=C[C@@H](C=C(C)C)C(C)(C)C.C=C[C@@H](C=C(C)C)C(C)C(=O)O.CC(=O)OC/C=C/C=C(C)C.CC(C)C.[H-].[Na+]. The van der Waals surface area contributed by atoms with Crippen LogP contribution in [0.5, 0.6) is 0 Å². The second-order valence-electron chi connectivity index (χ2n) is 11.8. The number of esters is 1. The Bertz CT molecular complexity index is 784. The summed E-state index contributed by atoms with van der Waals surface area (Å²) in [5.41, 5.74) is 4.01. The van der Waals surface area contributed by atoms with Gasteiger partial charge >= 0.3 is 41.5 Å². The molecular weight excluding hydrogens is 495 g/mol. The molecule has 222 valence electrons. The molecule has 0 radical (unpaired) electrons. The number of carboxylic acid groups (broad SMARTS) is 1. The van der Waals surface area contributed by atoms with E-state index in [-0.39, 0.29) is 42.9 Å². The normalized spacial score (nSPS) is 12.1. The fourth-order valence-corrected chi connectivity index (χ4v) is 2.48. The largest absolute Gasteiger partial charge is 1.00 e. The van der Waals surface area contributed by atoms with Crippen molar-refractivity contribution >= 4 is 11.9 Å². The van der Waals surface area contributed by atoms with Crippen LogP contribution in [-0.2, 0) is 14.3 Å². The summed E-state index contributed by atoms with van der Waals surface area (Å²) in [6.45, 7) is 36.3. The van der Waals surface area contributed by atoms with Crippen LogP contribution >= 0.6 is 0 Å². The summed E-state index contributed by atoms with van der Waals surface area (Å²) in [6.07, 6.45) is 13.5. The zero-order valence-corrected chi connectivity index (χ0v) is 30.1. The fourth-order valence-electron chi connectivity index (χ4n) is 2.48. The van der Waals surface area contributed by atoms with Crippen molar-refractivity contribution in [3.8, 4) is 0 Å². The van der Waals surface area contributed by atoms with Crippen molar-refractivity contribution in [2.24, 2.45) is 29.1 Å². The first-order chi connectivity index (χ1) is 17.2. The molecule has 0 saturated carbocycles. The topological polar surface area (TPSA) is 63.6 Å². The van der Waals surface area contributed by atoms with Crippen LogP contribution in [0.15, 0.2) is 72.4 Å². The number of hydrogen-bond donors (Lipinski definition) is 1. The molecule has 0 spiro atoms. The molecule has 5 heteroatoms. The Balaban J connectivity index is -0.0000000991. The Morgan fingerprint density at radius 2 is 1.28 bits per heavy atom. The van der Waals surface area contributed by atoms with E-state index in [4.69, 9.17) is 5.11 Å². The van der Waals surface area contributed by atoms with Crippen molar-refractivity contribution in [3.05, 3.63) is 72.4 Å². The van der Waals surface area contributed by atoms with Gasteiger partial charge < -0.3 is 11.3 Å². The van der Waals surface area contributed by atoms with Gasteiger partial charge in [-0.05, 0) is 64.9 Å². The second-order valence-corrected chi connectivity index (χ2v) is 11.8. The predicted octanol–water partition coefficient (Wildman–Crippen LogP) is 7.13. The van der Waals surface area contributed by atoms with Crippen molar-refractivity contribution in [2.45, 2.75) is 96.9 Å². The van der Waals surface area contributed by atoms with E-state index >= 15 is 0 Å². The molecule has 0 rings (SSSR count). The number of allylic oxidation sites excluding steroid dienone is 9. The van der Waals surface area contributed by atoms with Gasteiger partial charge in [-0.25, -0.2) is 0 Å². The van der Waals surface area contributed by atoms with Gasteiger partial charge in [0, 0.05) is 12.8 Å². The van der Waals surface area contributed by atoms with Gasteiger partial charge in [0.05, 0.1) is 5.92 Å². The van der Waals surface area contributed by atoms with E-state index in [2.05, 4.69) is 79.4 Å². The van der Waals surface area contributed by atoms with Crippen LogP contribution < -0.4 is 29.6 Å². The van der Waals surface area contributed by atoms with Crippen LogP contribution in [0, 0.1) is 29.1 Å². The number of carboxylic acids is 1. The van der Waals surface area contributed by atoms with E-state index < -0.39 is 11.9 Å². The van der Waals surface area contributed by atoms with Crippen molar-refractivity contribution in [1.82, 2.24) is 0 Å². The van der Waals surface area contributed by atoms with Crippen LogP contribution in [0.4, 0.5) is 0 Å². The van der Waals surface area contributed by atoms with E-state index in [9.17, 15) is 9.59 Å². The predicted molar refractivity (Wildman–Crippen MR) is 169 cm³/mol. The number of hydrogen-bond acceptors (Lipinski definition) is 3. The molecule has 0 fully saturated rings. The zero-order valence-electron chi connectivity index (χ0n) is 29.1. The molecule has 0 aromatic rings. The smallest absolute Gasteiger partial charge is 1.00 e. The average molecular weight is 557 g/mol.